The summed E-state index contributed by atoms with van der Waals surface area (Å²) in [5, 5.41) is 2.47. The zero-order valence-corrected chi connectivity index (χ0v) is 12.3. The van der Waals surface area contributed by atoms with Crippen molar-refractivity contribution in [2.24, 2.45) is 5.41 Å². The summed E-state index contributed by atoms with van der Waals surface area (Å²) >= 11 is 0. The highest BCUT2D eigenvalue weighted by Gasteiger charge is 2.65. The van der Waals surface area contributed by atoms with Crippen molar-refractivity contribution in [1.29, 1.82) is 0 Å². The Kier molecular flexibility index (Phi) is 2.63. The zero-order chi connectivity index (χ0) is 13.2. The average molecular weight is 251 g/mol. The Balaban J connectivity index is 1.87. The molecule has 103 valence electrons. The van der Waals surface area contributed by atoms with E-state index in [1.54, 1.807) is 0 Å². The number of hydrogen-bond acceptors (Lipinski definition) is 4. The van der Waals surface area contributed by atoms with Crippen molar-refractivity contribution in [3.63, 3.8) is 0 Å². The number of nitrogens with zero attached hydrogens (tertiary/aromatic N) is 3. The minimum Gasteiger partial charge on any atom is -0.269 e. The van der Waals surface area contributed by atoms with Gasteiger partial charge in [-0.25, -0.2) is 5.43 Å². The lowest BCUT2D eigenvalue weighted by atomic mass is 9.82. The number of hydrazine groups is 1. The molecule has 0 spiro atoms. The number of nitrogens with one attached hydrogen (secondary N) is 1. The topological polar surface area (TPSA) is 31.0 Å². The van der Waals surface area contributed by atoms with Gasteiger partial charge < -0.3 is 0 Å². The van der Waals surface area contributed by atoms with Crippen molar-refractivity contribution >= 4 is 0 Å². The Labute approximate surface area is 111 Å². The van der Waals surface area contributed by atoms with E-state index in [0.29, 0.717) is 0 Å². The third kappa shape index (κ3) is 1.99. The highest BCUT2D eigenvalue weighted by molar-refractivity contribution is 5.10. The van der Waals surface area contributed by atoms with Crippen molar-refractivity contribution < 1.29 is 0 Å². The maximum Gasteiger partial charge on any atom is 0.146 e. The van der Waals surface area contributed by atoms with Gasteiger partial charge in [0, 0.05) is 26.2 Å². The molecule has 0 amide bonds. The van der Waals surface area contributed by atoms with E-state index < -0.39 is 0 Å². The first-order valence-corrected chi connectivity index (χ1v) is 7.19. The number of hydrogen-bond donors (Lipinski definition) is 1. The Hall–Kier alpha value is -0.160. The van der Waals surface area contributed by atoms with E-state index >= 15 is 0 Å². The van der Waals surface area contributed by atoms with Crippen molar-refractivity contribution in [1.82, 2.24) is 20.2 Å². The van der Waals surface area contributed by atoms with Crippen LogP contribution in [-0.2, 0) is 0 Å². The van der Waals surface area contributed by atoms with E-state index in [4.69, 9.17) is 0 Å². The van der Waals surface area contributed by atoms with Gasteiger partial charge in [-0.1, -0.05) is 20.8 Å². The van der Waals surface area contributed by atoms with Gasteiger partial charge in [-0.2, -0.15) is 5.01 Å². The normalized spacial score (nSPS) is 31.5. The van der Waals surface area contributed by atoms with Crippen molar-refractivity contribution in [3.8, 4) is 0 Å². The molecule has 3 aliphatic heterocycles. The predicted octanol–water partition coefficient (Wildman–Crippen LogP) is 1.47. The molecule has 18 heavy (non-hydrogen) atoms. The smallest absolute Gasteiger partial charge is 0.146 e. The summed E-state index contributed by atoms with van der Waals surface area (Å²) in [5.41, 5.74) is 3.99. The second kappa shape index (κ2) is 3.69. The summed E-state index contributed by atoms with van der Waals surface area (Å²) in [6.45, 7) is 18.3. The summed E-state index contributed by atoms with van der Waals surface area (Å²) in [6, 6.07) is 0. The van der Waals surface area contributed by atoms with Gasteiger partial charge in [-0.05, 0) is 32.1 Å². The highest BCUT2D eigenvalue weighted by atomic mass is 15.9. The van der Waals surface area contributed by atoms with Gasteiger partial charge in [0.05, 0.1) is 5.66 Å². The van der Waals surface area contributed by atoms with Gasteiger partial charge >= 0.3 is 0 Å². The average Bonchev–Trinajstić information content (AvgIpc) is 3.05. The Morgan fingerprint density at radius 1 is 1.11 bits per heavy atom. The molecule has 0 aromatic heterocycles. The highest BCUT2D eigenvalue weighted by Crippen LogP contribution is 2.49. The van der Waals surface area contributed by atoms with Gasteiger partial charge in [0.1, 0.15) is 5.79 Å². The van der Waals surface area contributed by atoms with Crippen LogP contribution in [0, 0.1) is 12.3 Å². The molecule has 1 N–H and O–H groups in total. The Bertz CT molecular complexity index is 330. The molecule has 3 rings (SSSR count). The monoisotopic (exact) mass is 251 g/mol. The van der Waals surface area contributed by atoms with Crippen LogP contribution in [0.1, 0.15) is 40.5 Å². The SMILES string of the molecule is [CH2]CC(C)(C)CC(N1CC1)(N1CC1)N1NC1(C)C. The quantitative estimate of drug-likeness (QED) is 0.724. The summed E-state index contributed by atoms with van der Waals surface area (Å²) in [6.07, 6.45) is 2.16. The van der Waals surface area contributed by atoms with Crippen LogP contribution >= 0.6 is 0 Å². The molecule has 0 aliphatic carbocycles. The lowest BCUT2D eigenvalue weighted by molar-refractivity contribution is -0.0650. The fourth-order valence-corrected chi connectivity index (χ4v) is 3.12. The Morgan fingerprint density at radius 3 is 1.83 bits per heavy atom. The van der Waals surface area contributed by atoms with Crippen LogP contribution in [0.2, 0.25) is 0 Å². The van der Waals surface area contributed by atoms with Gasteiger partial charge in [-0.3, -0.25) is 9.80 Å². The maximum absolute atomic E-state index is 4.14. The van der Waals surface area contributed by atoms with Crippen LogP contribution < -0.4 is 5.43 Å². The number of rotatable bonds is 6. The summed E-state index contributed by atoms with van der Waals surface area (Å²) in [5.74, 6) is 0.102. The lowest BCUT2D eigenvalue weighted by Gasteiger charge is -2.43. The standard InChI is InChI=1S/C14H27N4/c1-6-12(2,3)11-14(16-7-8-16,17-9-10-17)18-13(4,5)15-18/h15H,1,6-11H2,2-5H3. The van der Waals surface area contributed by atoms with Crippen LogP contribution in [0.4, 0.5) is 0 Å². The lowest BCUT2D eigenvalue weighted by Crippen LogP contribution is -2.57. The van der Waals surface area contributed by atoms with Crippen molar-refractivity contribution in [2.45, 2.75) is 52.0 Å². The fraction of sp³-hybridized carbons (Fsp3) is 0.929. The molecule has 3 fully saturated rings. The van der Waals surface area contributed by atoms with Crippen LogP contribution in [0.15, 0.2) is 0 Å². The summed E-state index contributed by atoms with van der Waals surface area (Å²) in [7, 11) is 0. The third-order valence-corrected chi connectivity index (χ3v) is 4.55. The minimum atomic E-state index is 0.102. The third-order valence-electron chi connectivity index (χ3n) is 4.55. The van der Waals surface area contributed by atoms with Crippen LogP contribution in [0.3, 0.4) is 0 Å². The molecule has 3 heterocycles. The minimum absolute atomic E-state index is 0.102. The first kappa shape index (κ1) is 12.9. The first-order valence-electron chi connectivity index (χ1n) is 7.19. The molecule has 1 atom stereocenters. The molecule has 1 radical (unpaired) electrons. The molecule has 3 aliphatic rings. The van der Waals surface area contributed by atoms with Crippen LogP contribution in [-0.4, -0.2) is 52.4 Å². The van der Waals surface area contributed by atoms with E-state index in [9.17, 15) is 0 Å². The Morgan fingerprint density at radius 2 is 1.56 bits per heavy atom. The predicted molar refractivity (Wildman–Crippen MR) is 73.3 cm³/mol. The molecule has 0 saturated carbocycles. The van der Waals surface area contributed by atoms with Gasteiger partial charge in [0.25, 0.3) is 0 Å². The molecule has 3 saturated heterocycles. The van der Waals surface area contributed by atoms with E-state index in [2.05, 4.69) is 54.9 Å². The van der Waals surface area contributed by atoms with Gasteiger partial charge in [0.2, 0.25) is 0 Å². The molecule has 1 unspecified atom stereocenters. The molecule has 0 aromatic carbocycles. The van der Waals surface area contributed by atoms with E-state index in [1.807, 2.05) is 0 Å². The maximum atomic E-state index is 4.14. The van der Waals surface area contributed by atoms with Gasteiger partial charge in [-0.15, -0.1) is 0 Å². The second-order valence-electron chi connectivity index (χ2n) is 7.35. The van der Waals surface area contributed by atoms with Crippen LogP contribution in [0.5, 0.6) is 0 Å². The van der Waals surface area contributed by atoms with E-state index in [-0.39, 0.29) is 16.9 Å². The van der Waals surface area contributed by atoms with Crippen LogP contribution in [0.25, 0.3) is 0 Å². The summed E-state index contributed by atoms with van der Waals surface area (Å²) in [4.78, 5) is 5.22. The first-order chi connectivity index (χ1) is 8.32. The molecule has 4 heteroatoms. The molecule has 0 aromatic rings. The van der Waals surface area contributed by atoms with Crippen molar-refractivity contribution in [3.05, 3.63) is 6.92 Å². The van der Waals surface area contributed by atoms with Gasteiger partial charge in [0.15, 0.2) is 0 Å². The second-order valence-corrected chi connectivity index (χ2v) is 7.35. The molecular formula is C14H27N4. The summed E-state index contributed by atoms with van der Waals surface area (Å²) < 4.78 is 0. The van der Waals surface area contributed by atoms with E-state index in [1.165, 1.54) is 32.6 Å². The molecular weight excluding hydrogens is 224 g/mol. The van der Waals surface area contributed by atoms with Crippen molar-refractivity contribution in [2.75, 3.05) is 26.2 Å². The zero-order valence-electron chi connectivity index (χ0n) is 12.3. The largest absolute Gasteiger partial charge is 0.269 e. The molecule has 0 bridgehead atoms. The fourth-order valence-electron chi connectivity index (χ4n) is 3.12. The van der Waals surface area contributed by atoms with E-state index in [0.717, 1.165) is 6.42 Å². The molecule has 4 nitrogen and oxygen atoms in total.